The van der Waals surface area contributed by atoms with Gasteiger partial charge in [0.2, 0.25) is 5.91 Å². The summed E-state index contributed by atoms with van der Waals surface area (Å²) in [4.78, 5) is 26.3. The van der Waals surface area contributed by atoms with Crippen LogP contribution in [-0.2, 0) is 9.53 Å². The Bertz CT molecular complexity index is 585. The molecule has 1 N–H and O–H groups in total. The second-order valence-corrected chi connectivity index (χ2v) is 7.20. The van der Waals surface area contributed by atoms with Gasteiger partial charge >= 0.3 is 6.09 Å². The van der Waals surface area contributed by atoms with Gasteiger partial charge in [-0.1, -0.05) is 6.07 Å². The lowest BCUT2D eigenvalue weighted by Crippen LogP contribution is -2.45. The van der Waals surface area contributed by atoms with Crippen LogP contribution in [0, 0.1) is 13.8 Å². The van der Waals surface area contributed by atoms with E-state index in [1.807, 2.05) is 46.8 Å². The van der Waals surface area contributed by atoms with Gasteiger partial charge in [0.25, 0.3) is 0 Å². The molecule has 0 bridgehead atoms. The summed E-state index contributed by atoms with van der Waals surface area (Å²) < 4.78 is 5.40. The zero-order valence-electron chi connectivity index (χ0n) is 14.6. The van der Waals surface area contributed by atoms with Crippen molar-refractivity contribution in [1.29, 1.82) is 0 Å². The number of ether oxygens (including phenoxy) is 1. The lowest BCUT2D eigenvalue weighted by atomic mass is 10.1. The van der Waals surface area contributed by atoms with E-state index < -0.39 is 17.7 Å². The third-order valence-electron chi connectivity index (χ3n) is 3.67. The Balaban J connectivity index is 2.07. The number of aryl methyl sites for hydroxylation is 2. The Hall–Kier alpha value is -2.04. The second kappa shape index (κ2) is 6.60. The van der Waals surface area contributed by atoms with E-state index in [0.29, 0.717) is 13.0 Å². The normalized spacial score (nSPS) is 18.0. The first kappa shape index (κ1) is 17.3. The molecule has 0 aliphatic carbocycles. The summed E-state index contributed by atoms with van der Waals surface area (Å²) in [5.41, 5.74) is 2.39. The van der Waals surface area contributed by atoms with Gasteiger partial charge in [-0.3, -0.25) is 9.69 Å². The van der Waals surface area contributed by atoms with E-state index in [9.17, 15) is 9.59 Å². The topological polar surface area (TPSA) is 58.6 Å². The van der Waals surface area contributed by atoms with E-state index in [4.69, 9.17) is 4.74 Å². The lowest BCUT2D eigenvalue weighted by molar-refractivity contribution is -0.120. The fourth-order valence-corrected chi connectivity index (χ4v) is 2.85. The zero-order valence-corrected chi connectivity index (χ0v) is 14.6. The summed E-state index contributed by atoms with van der Waals surface area (Å²) in [7, 11) is 0. The van der Waals surface area contributed by atoms with E-state index in [1.54, 1.807) is 0 Å². The minimum Gasteiger partial charge on any atom is -0.444 e. The third kappa shape index (κ3) is 4.71. The molecule has 1 aliphatic rings. The molecule has 0 spiro atoms. The first-order valence-corrected chi connectivity index (χ1v) is 8.04. The van der Waals surface area contributed by atoms with Gasteiger partial charge in [-0.2, -0.15) is 0 Å². The number of amides is 2. The number of anilines is 1. The second-order valence-electron chi connectivity index (χ2n) is 7.20. The van der Waals surface area contributed by atoms with E-state index in [-0.39, 0.29) is 5.91 Å². The minimum atomic E-state index is -0.561. The summed E-state index contributed by atoms with van der Waals surface area (Å²) in [6, 6.07) is 5.44. The third-order valence-corrected chi connectivity index (χ3v) is 3.67. The Morgan fingerprint density at radius 1 is 1.17 bits per heavy atom. The molecule has 1 heterocycles. The van der Waals surface area contributed by atoms with Crippen LogP contribution in [0.5, 0.6) is 0 Å². The molecule has 126 valence electrons. The molecule has 5 heteroatoms. The number of rotatable bonds is 2. The Morgan fingerprint density at radius 2 is 1.78 bits per heavy atom. The van der Waals surface area contributed by atoms with Crippen molar-refractivity contribution in [3.8, 4) is 0 Å². The highest BCUT2D eigenvalue weighted by molar-refractivity contribution is 5.97. The standard InChI is InChI=1S/C18H26N2O3/c1-12-9-13(2)11-14(10-12)19-16(21)15-7-6-8-20(15)17(22)23-18(3,4)5/h9-11,15H,6-8H2,1-5H3,(H,19,21)/t15-/m0/s1. The van der Waals surface area contributed by atoms with Crippen LogP contribution in [0.25, 0.3) is 0 Å². The number of nitrogens with one attached hydrogen (secondary N) is 1. The number of carbonyl (C=O) groups excluding carboxylic acids is 2. The average Bonchev–Trinajstić information content (AvgIpc) is 2.84. The lowest BCUT2D eigenvalue weighted by Gasteiger charge is -2.28. The molecule has 1 fully saturated rings. The molecular weight excluding hydrogens is 292 g/mol. The zero-order chi connectivity index (χ0) is 17.2. The maximum Gasteiger partial charge on any atom is 0.410 e. The van der Waals surface area contributed by atoms with E-state index in [0.717, 1.165) is 23.2 Å². The van der Waals surface area contributed by atoms with E-state index in [2.05, 4.69) is 11.4 Å². The Kier molecular flexibility index (Phi) is 4.97. The van der Waals surface area contributed by atoms with E-state index in [1.165, 1.54) is 4.90 Å². The molecule has 1 aromatic rings. The molecule has 2 amide bonds. The average molecular weight is 318 g/mol. The fraction of sp³-hybridized carbons (Fsp3) is 0.556. The number of likely N-dealkylation sites (tertiary alicyclic amines) is 1. The summed E-state index contributed by atoms with van der Waals surface area (Å²) >= 11 is 0. The van der Waals surface area contributed by atoms with E-state index >= 15 is 0 Å². The first-order valence-electron chi connectivity index (χ1n) is 8.04. The first-order chi connectivity index (χ1) is 10.7. The minimum absolute atomic E-state index is 0.154. The van der Waals surface area contributed by atoms with Crippen molar-refractivity contribution in [2.45, 2.75) is 59.1 Å². The molecule has 1 atom stereocenters. The molecule has 0 aromatic heterocycles. The number of carbonyl (C=O) groups is 2. The van der Waals surface area contributed by atoms with Crippen LogP contribution in [0.3, 0.4) is 0 Å². The maximum atomic E-state index is 12.6. The quantitative estimate of drug-likeness (QED) is 0.905. The van der Waals surface area contributed by atoms with Gasteiger partial charge in [-0.25, -0.2) is 4.79 Å². The Labute approximate surface area is 138 Å². The van der Waals surface area contributed by atoms with Crippen molar-refractivity contribution >= 4 is 17.7 Å². The highest BCUT2D eigenvalue weighted by atomic mass is 16.6. The molecule has 0 unspecified atom stereocenters. The van der Waals surface area contributed by atoms with Gasteiger partial charge in [0.05, 0.1) is 0 Å². The van der Waals surface area contributed by atoms with Crippen LogP contribution in [0.4, 0.5) is 10.5 Å². The van der Waals surface area contributed by atoms with Crippen molar-refractivity contribution in [1.82, 2.24) is 4.90 Å². The van der Waals surface area contributed by atoms with Crippen LogP contribution < -0.4 is 5.32 Å². The summed E-state index contributed by atoms with van der Waals surface area (Å²) in [6.07, 6.45) is 1.05. The summed E-state index contributed by atoms with van der Waals surface area (Å²) in [5.74, 6) is -0.154. The monoisotopic (exact) mass is 318 g/mol. The van der Waals surface area contributed by atoms with Crippen molar-refractivity contribution in [2.24, 2.45) is 0 Å². The van der Waals surface area contributed by atoms with Crippen molar-refractivity contribution in [3.63, 3.8) is 0 Å². The predicted molar refractivity (Wildman–Crippen MR) is 90.5 cm³/mol. The Morgan fingerprint density at radius 3 is 2.35 bits per heavy atom. The molecule has 1 aliphatic heterocycles. The number of nitrogens with zero attached hydrogens (tertiary/aromatic N) is 1. The molecule has 5 nitrogen and oxygen atoms in total. The van der Waals surface area contributed by atoms with Gasteiger partial charge in [-0.15, -0.1) is 0 Å². The van der Waals surface area contributed by atoms with Crippen LogP contribution in [0.2, 0.25) is 0 Å². The van der Waals surface area contributed by atoms with Crippen LogP contribution in [-0.4, -0.2) is 35.1 Å². The molecule has 0 radical (unpaired) electrons. The van der Waals surface area contributed by atoms with Crippen LogP contribution in [0.1, 0.15) is 44.7 Å². The molecule has 0 saturated carbocycles. The highest BCUT2D eigenvalue weighted by Crippen LogP contribution is 2.23. The highest BCUT2D eigenvalue weighted by Gasteiger charge is 2.36. The van der Waals surface area contributed by atoms with Gasteiger partial charge in [0.1, 0.15) is 11.6 Å². The largest absolute Gasteiger partial charge is 0.444 e. The summed E-state index contributed by atoms with van der Waals surface area (Å²) in [5, 5.41) is 2.92. The summed E-state index contributed by atoms with van der Waals surface area (Å²) in [6.45, 7) is 10.0. The smallest absolute Gasteiger partial charge is 0.410 e. The van der Waals surface area contributed by atoms with Crippen molar-refractivity contribution in [3.05, 3.63) is 29.3 Å². The van der Waals surface area contributed by atoms with Crippen molar-refractivity contribution in [2.75, 3.05) is 11.9 Å². The molecule has 1 saturated heterocycles. The number of hydrogen-bond acceptors (Lipinski definition) is 3. The van der Waals surface area contributed by atoms with Crippen LogP contribution >= 0.6 is 0 Å². The van der Waals surface area contributed by atoms with Gasteiger partial charge in [-0.05, 0) is 70.7 Å². The predicted octanol–water partition coefficient (Wildman–Crippen LogP) is 3.64. The molecule has 23 heavy (non-hydrogen) atoms. The maximum absolute atomic E-state index is 12.6. The van der Waals surface area contributed by atoms with Crippen molar-refractivity contribution < 1.29 is 14.3 Å². The van der Waals surface area contributed by atoms with Gasteiger partial charge < -0.3 is 10.1 Å². The van der Waals surface area contributed by atoms with Gasteiger partial charge in [0, 0.05) is 12.2 Å². The number of hydrogen-bond donors (Lipinski definition) is 1. The SMILES string of the molecule is Cc1cc(C)cc(NC(=O)[C@@H]2CCCN2C(=O)OC(C)(C)C)c1. The number of benzene rings is 1. The fourth-order valence-electron chi connectivity index (χ4n) is 2.85. The van der Waals surface area contributed by atoms with Gasteiger partial charge in [0.15, 0.2) is 0 Å². The molecular formula is C18H26N2O3. The molecule has 1 aromatic carbocycles. The van der Waals surface area contributed by atoms with Crippen LogP contribution in [0.15, 0.2) is 18.2 Å². The molecule has 2 rings (SSSR count).